The van der Waals surface area contributed by atoms with Crippen LogP contribution in [-0.4, -0.2) is 32.5 Å². The highest BCUT2D eigenvalue weighted by Crippen LogP contribution is 2.35. The van der Waals surface area contributed by atoms with Crippen LogP contribution in [0.15, 0.2) is 42.7 Å². The molecule has 0 saturated heterocycles. The predicted octanol–water partition coefficient (Wildman–Crippen LogP) is 3.47. The maximum atomic E-state index is 12.5. The maximum Gasteiger partial charge on any atom is 0.271 e. The van der Waals surface area contributed by atoms with Crippen LogP contribution in [0.1, 0.15) is 28.9 Å². The first kappa shape index (κ1) is 18.1. The molecule has 8 heteroatoms. The number of rotatable bonds is 5. The van der Waals surface area contributed by atoms with Crippen molar-refractivity contribution in [2.45, 2.75) is 31.6 Å². The van der Waals surface area contributed by atoms with Gasteiger partial charge in [0.2, 0.25) is 0 Å². The fraction of sp³-hybridized carbons (Fsp3) is 0.263. The topological polar surface area (TPSA) is 75.9 Å². The molecule has 4 rings (SSSR count). The van der Waals surface area contributed by atoms with Gasteiger partial charge in [-0.05, 0) is 18.2 Å². The van der Waals surface area contributed by atoms with Gasteiger partial charge in [0.1, 0.15) is 28.2 Å². The molecule has 27 heavy (non-hydrogen) atoms. The summed E-state index contributed by atoms with van der Waals surface area (Å²) in [6.45, 7) is -0.129. The molecule has 0 unspecified atom stereocenters. The Morgan fingerprint density at radius 1 is 1.30 bits per heavy atom. The van der Waals surface area contributed by atoms with Crippen LogP contribution in [-0.2, 0) is 6.61 Å². The van der Waals surface area contributed by atoms with Crippen LogP contribution in [0.2, 0.25) is 10.0 Å². The van der Waals surface area contributed by atoms with Crippen LogP contribution in [0.3, 0.4) is 0 Å². The quantitative estimate of drug-likeness (QED) is 0.681. The summed E-state index contributed by atoms with van der Waals surface area (Å²) in [7, 11) is 0. The molecule has 6 nitrogen and oxygen atoms in total. The Kier molecular flexibility index (Phi) is 4.95. The summed E-state index contributed by atoms with van der Waals surface area (Å²) in [6.07, 6.45) is 4.80. The number of halogens is 2. The summed E-state index contributed by atoms with van der Waals surface area (Å²) >= 11 is 12.1. The first-order valence-electron chi connectivity index (χ1n) is 8.54. The Hall–Kier alpha value is -2.28. The van der Waals surface area contributed by atoms with Crippen molar-refractivity contribution in [2.75, 3.05) is 0 Å². The van der Waals surface area contributed by atoms with Gasteiger partial charge < -0.3 is 19.6 Å². The molecule has 2 heterocycles. The normalized spacial score (nSPS) is 18.9. The third kappa shape index (κ3) is 3.60. The largest absolute Gasteiger partial charge is 0.489 e. The number of aromatic nitrogens is 2. The monoisotopic (exact) mass is 405 g/mol. The molecule has 2 aromatic heterocycles. The Morgan fingerprint density at radius 3 is 2.89 bits per heavy atom. The molecule has 3 aromatic rings. The number of hydrogen-bond donors (Lipinski definition) is 2. The number of nitrogens with zero attached hydrogens (tertiary/aromatic N) is 2. The molecule has 1 aliphatic rings. The number of pyridine rings is 1. The van der Waals surface area contributed by atoms with Gasteiger partial charge in [-0.2, -0.15) is 0 Å². The van der Waals surface area contributed by atoms with Gasteiger partial charge in [-0.3, -0.25) is 4.79 Å². The Labute approximate surface area is 165 Å². The van der Waals surface area contributed by atoms with Crippen molar-refractivity contribution in [3.63, 3.8) is 0 Å². The van der Waals surface area contributed by atoms with E-state index >= 15 is 0 Å². The molecular weight excluding hydrogens is 389 g/mol. The number of fused-ring (bicyclic) bond motifs is 1. The lowest BCUT2D eigenvalue weighted by atomic mass is 9.89. The second kappa shape index (κ2) is 7.38. The molecule has 0 aliphatic heterocycles. The standard InChI is InChI=1S/C19H17Cl2N3O3/c20-14-4-1-5-16(17(14)21)27-13-7-12(8-13)22-19(26)15-9-24-6-2-3-11(10-25)18(24)23-15/h1-6,9,12-13,25H,7-8,10H2,(H,22,26). The van der Waals surface area contributed by atoms with Crippen LogP contribution < -0.4 is 10.1 Å². The van der Waals surface area contributed by atoms with Crippen molar-refractivity contribution in [1.82, 2.24) is 14.7 Å². The minimum absolute atomic E-state index is 0.0163. The molecule has 140 valence electrons. The number of aliphatic hydroxyl groups is 1. The third-order valence-corrected chi connectivity index (χ3v) is 5.41. The maximum absolute atomic E-state index is 12.5. The van der Waals surface area contributed by atoms with Crippen molar-refractivity contribution in [3.05, 3.63) is 64.0 Å². The lowest BCUT2D eigenvalue weighted by molar-refractivity contribution is 0.0698. The van der Waals surface area contributed by atoms with Crippen LogP contribution in [0, 0.1) is 0 Å². The van der Waals surface area contributed by atoms with Crippen molar-refractivity contribution >= 4 is 34.8 Å². The minimum atomic E-state index is -0.244. The number of carbonyl (C=O) groups excluding carboxylic acids is 1. The summed E-state index contributed by atoms with van der Waals surface area (Å²) in [5.41, 5.74) is 1.57. The van der Waals surface area contributed by atoms with E-state index in [1.807, 2.05) is 0 Å². The molecule has 0 radical (unpaired) electrons. The van der Waals surface area contributed by atoms with E-state index in [4.69, 9.17) is 27.9 Å². The van der Waals surface area contributed by atoms with Crippen LogP contribution in [0.5, 0.6) is 5.75 Å². The zero-order valence-corrected chi connectivity index (χ0v) is 15.7. The van der Waals surface area contributed by atoms with Crippen molar-refractivity contribution in [2.24, 2.45) is 0 Å². The molecular formula is C19H17Cl2N3O3. The lowest BCUT2D eigenvalue weighted by Gasteiger charge is -2.35. The smallest absolute Gasteiger partial charge is 0.271 e. The number of imidazole rings is 1. The van der Waals surface area contributed by atoms with Gasteiger partial charge in [0, 0.05) is 36.8 Å². The predicted molar refractivity (Wildman–Crippen MR) is 102 cm³/mol. The van der Waals surface area contributed by atoms with E-state index < -0.39 is 0 Å². The fourth-order valence-electron chi connectivity index (χ4n) is 3.10. The number of carbonyl (C=O) groups is 1. The van der Waals surface area contributed by atoms with E-state index in [2.05, 4.69) is 10.3 Å². The number of ether oxygens (including phenoxy) is 1. The Bertz CT molecular complexity index is 999. The number of hydrogen-bond acceptors (Lipinski definition) is 4. The number of aliphatic hydroxyl groups excluding tert-OH is 1. The van der Waals surface area contributed by atoms with E-state index in [1.54, 1.807) is 47.1 Å². The molecule has 1 amide bonds. The van der Waals surface area contributed by atoms with Crippen LogP contribution >= 0.6 is 23.2 Å². The molecule has 1 aliphatic carbocycles. The lowest BCUT2D eigenvalue weighted by Crippen LogP contribution is -2.49. The first-order chi connectivity index (χ1) is 13.0. The third-order valence-electron chi connectivity index (χ3n) is 4.61. The summed E-state index contributed by atoms with van der Waals surface area (Å²) in [5, 5.41) is 13.2. The van der Waals surface area contributed by atoms with E-state index in [1.165, 1.54) is 0 Å². The van der Waals surface area contributed by atoms with Gasteiger partial charge in [0.25, 0.3) is 5.91 Å². The van der Waals surface area contributed by atoms with Gasteiger partial charge in [-0.25, -0.2) is 4.98 Å². The highest BCUT2D eigenvalue weighted by atomic mass is 35.5. The minimum Gasteiger partial charge on any atom is -0.489 e. The van der Waals surface area contributed by atoms with Gasteiger partial charge in [0.15, 0.2) is 0 Å². The average Bonchev–Trinajstić information content (AvgIpc) is 3.07. The van der Waals surface area contributed by atoms with E-state index in [9.17, 15) is 9.90 Å². The summed E-state index contributed by atoms with van der Waals surface area (Å²) < 4.78 is 7.57. The molecule has 1 fully saturated rings. The van der Waals surface area contributed by atoms with Crippen molar-refractivity contribution in [3.8, 4) is 5.75 Å². The molecule has 0 atom stereocenters. The SMILES string of the molecule is O=C(NC1CC(Oc2cccc(Cl)c2Cl)C1)c1cn2cccc(CO)c2n1. The molecule has 1 aromatic carbocycles. The van der Waals surface area contributed by atoms with Gasteiger partial charge >= 0.3 is 0 Å². The fourth-order valence-corrected chi connectivity index (χ4v) is 3.43. The molecule has 2 N–H and O–H groups in total. The Morgan fingerprint density at radius 2 is 2.11 bits per heavy atom. The highest BCUT2D eigenvalue weighted by molar-refractivity contribution is 6.42. The van der Waals surface area contributed by atoms with Crippen molar-refractivity contribution in [1.29, 1.82) is 0 Å². The average molecular weight is 406 g/mol. The summed E-state index contributed by atoms with van der Waals surface area (Å²) in [5.74, 6) is 0.308. The number of benzene rings is 1. The summed E-state index contributed by atoms with van der Waals surface area (Å²) in [4.78, 5) is 16.8. The molecule has 0 spiro atoms. The number of nitrogens with one attached hydrogen (secondary N) is 1. The molecule has 0 bridgehead atoms. The van der Waals surface area contributed by atoms with Gasteiger partial charge in [0.05, 0.1) is 11.6 Å². The van der Waals surface area contributed by atoms with E-state index in [-0.39, 0.29) is 24.7 Å². The van der Waals surface area contributed by atoms with Crippen LogP contribution in [0.4, 0.5) is 0 Å². The van der Waals surface area contributed by atoms with E-state index in [0.717, 1.165) is 0 Å². The van der Waals surface area contributed by atoms with E-state index in [0.29, 0.717) is 45.5 Å². The zero-order valence-electron chi connectivity index (χ0n) is 14.2. The summed E-state index contributed by atoms with van der Waals surface area (Å²) in [6, 6.07) is 8.86. The van der Waals surface area contributed by atoms with Crippen LogP contribution in [0.25, 0.3) is 5.65 Å². The van der Waals surface area contributed by atoms with Gasteiger partial charge in [-0.1, -0.05) is 35.3 Å². The van der Waals surface area contributed by atoms with Crippen molar-refractivity contribution < 1.29 is 14.6 Å². The second-order valence-electron chi connectivity index (χ2n) is 6.48. The molecule has 1 saturated carbocycles. The second-order valence-corrected chi connectivity index (χ2v) is 7.27. The highest BCUT2D eigenvalue weighted by Gasteiger charge is 2.33. The number of amides is 1. The zero-order chi connectivity index (χ0) is 19.0. The Balaban J connectivity index is 1.36. The first-order valence-corrected chi connectivity index (χ1v) is 9.29. The van der Waals surface area contributed by atoms with Gasteiger partial charge in [-0.15, -0.1) is 0 Å².